The molecule has 0 fully saturated rings. The summed E-state index contributed by atoms with van der Waals surface area (Å²) < 4.78 is 43.9. The Kier molecular flexibility index (Phi) is 5.66. The molecule has 0 aromatic heterocycles. The van der Waals surface area contributed by atoms with Gasteiger partial charge in [-0.3, -0.25) is 4.55 Å². The number of fused-ring (bicyclic) bond motifs is 1. The molecule has 132 valence electrons. The highest BCUT2D eigenvalue weighted by molar-refractivity contribution is 7.86. The van der Waals surface area contributed by atoms with Gasteiger partial charge < -0.3 is 19.7 Å². The van der Waals surface area contributed by atoms with Crippen LogP contribution < -0.4 is 9.47 Å². The van der Waals surface area contributed by atoms with Gasteiger partial charge in [-0.05, 0) is 37.4 Å². The molecule has 0 heterocycles. The van der Waals surface area contributed by atoms with Gasteiger partial charge in [-0.15, -0.1) is 0 Å². The van der Waals surface area contributed by atoms with E-state index in [2.05, 4.69) is 0 Å². The van der Waals surface area contributed by atoms with Gasteiger partial charge in [0.05, 0.1) is 12.2 Å². The summed E-state index contributed by atoms with van der Waals surface area (Å²) in [7, 11) is -4.57. The van der Waals surface area contributed by atoms with Crippen molar-refractivity contribution in [2.24, 2.45) is 0 Å². The summed E-state index contributed by atoms with van der Waals surface area (Å²) in [5.74, 6) is 0.291. The van der Waals surface area contributed by atoms with Gasteiger partial charge in [0, 0.05) is 5.39 Å². The number of ether oxygens (including phenoxy) is 2. The van der Waals surface area contributed by atoms with Crippen LogP contribution in [0.1, 0.15) is 13.8 Å². The first-order valence-electron chi connectivity index (χ1n) is 7.34. The molecule has 0 bridgehead atoms. The molecule has 2 aromatic carbocycles. The lowest BCUT2D eigenvalue weighted by Gasteiger charge is -2.14. The standard InChI is InChI=1S/C16H20O7S/c1-10(17)8-22-13-5-3-12-4-6-15(23-9-11(2)18)16(14(12)7-13)24(19,20)21/h3-7,10-11,17-18H,8-9H2,1-2H3,(H,19,20,21). The molecule has 2 unspecified atom stereocenters. The van der Waals surface area contributed by atoms with E-state index in [0.717, 1.165) is 0 Å². The van der Waals surface area contributed by atoms with Gasteiger partial charge in [-0.1, -0.05) is 12.1 Å². The Bertz CT molecular complexity index is 807. The van der Waals surface area contributed by atoms with Crippen LogP contribution >= 0.6 is 0 Å². The average molecular weight is 356 g/mol. The van der Waals surface area contributed by atoms with E-state index >= 15 is 0 Å². The summed E-state index contributed by atoms with van der Waals surface area (Å²) in [5, 5.41) is 19.4. The van der Waals surface area contributed by atoms with Crippen molar-refractivity contribution < 1.29 is 32.7 Å². The zero-order valence-corrected chi connectivity index (χ0v) is 14.2. The summed E-state index contributed by atoms with van der Waals surface area (Å²) >= 11 is 0. The molecule has 3 N–H and O–H groups in total. The molecule has 2 rings (SSSR count). The minimum absolute atomic E-state index is 0.0466. The van der Waals surface area contributed by atoms with Crippen molar-refractivity contribution in [2.75, 3.05) is 13.2 Å². The summed E-state index contributed by atoms with van der Waals surface area (Å²) in [5.41, 5.74) is 0. The van der Waals surface area contributed by atoms with Crippen molar-refractivity contribution in [3.05, 3.63) is 30.3 Å². The van der Waals surface area contributed by atoms with Crippen LogP contribution in [0, 0.1) is 0 Å². The maximum absolute atomic E-state index is 11.8. The predicted molar refractivity (Wildman–Crippen MR) is 88.1 cm³/mol. The van der Waals surface area contributed by atoms with Crippen molar-refractivity contribution >= 4 is 20.9 Å². The third-order valence-corrected chi connectivity index (χ3v) is 4.07. The molecule has 0 radical (unpaired) electrons. The Labute approximate surface area is 140 Å². The highest BCUT2D eigenvalue weighted by Crippen LogP contribution is 2.34. The summed E-state index contributed by atoms with van der Waals surface area (Å²) in [4.78, 5) is -0.386. The van der Waals surface area contributed by atoms with Crippen LogP contribution in [0.2, 0.25) is 0 Å². The largest absolute Gasteiger partial charge is 0.491 e. The molecule has 0 aliphatic carbocycles. The topological polar surface area (TPSA) is 113 Å². The molecule has 8 heteroatoms. The van der Waals surface area contributed by atoms with Gasteiger partial charge in [0.1, 0.15) is 29.6 Å². The Hall–Kier alpha value is -1.87. The van der Waals surface area contributed by atoms with Crippen LogP contribution in [0.4, 0.5) is 0 Å². The molecule has 7 nitrogen and oxygen atoms in total. The number of hydrogen-bond donors (Lipinski definition) is 3. The molecule has 2 aromatic rings. The van der Waals surface area contributed by atoms with Crippen molar-refractivity contribution in [3.63, 3.8) is 0 Å². The maximum Gasteiger partial charge on any atom is 0.298 e. The van der Waals surface area contributed by atoms with Crippen LogP contribution in [0.15, 0.2) is 35.2 Å². The SMILES string of the molecule is CC(O)COc1ccc2ccc(OCC(C)O)c(S(=O)(=O)O)c2c1. The molecular formula is C16H20O7S. The second-order valence-electron chi connectivity index (χ2n) is 5.57. The van der Waals surface area contributed by atoms with Gasteiger partial charge in [0.15, 0.2) is 0 Å². The lowest BCUT2D eigenvalue weighted by molar-refractivity contribution is 0.121. The first kappa shape index (κ1) is 18.5. The van der Waals surface area contributed by atoms with Crippen molar-refractivity contribution in [2.45, 2.75) is 31.0 Å². The van der Waals surface area contributed by atoms with E-state index in [4.69, 9.17) is 9.47 Å². The van der Waals surface area contributed by atoms with E-state index in [9.17, 15) is 23.2 Å². The lowest BCUT2D eigenvalue weighted by Crippen LogP contribution is -2.15. The number of rotatable bonds is 7. The Morgan fingerprint density at radius 3 is 2.17 bits per heavy atom. The molecule has 0 aliphatic heterocycles. The second kappa shape index (κ2) is 7.35. The average Bonchev–Trinajstić information content (AvgIpc) is 2.48. The summed E-state index contributed by atoms with van der Waals surface area (Å²) in [6, 6.07) is 7.79. The van der Waals surface area contributed by atoms with E-state index < -0.39 is 22.3 Å². The quantitative estimate of drug-likeness (QED) is 0.646. The molecular weight excluding hydrogens is 336 g/mol. The van der Waals surface area contributed by atoms with Gasteiger partial charge in [0.2, 0.25) is 0 Å². The smallest absolute Gasteiger partial charge is 0.298 e. The zero-order chi connectivity index (χ0) is 17.9. The summed E-state index contributed by atoms with van der Waals surface area (Å²) in [6.45, 7) is 2.99. The van der Waals surface area contributed by atoms with Crippen LogP contribution in [-0.2, 0) is 10.1 Å². The molecule has 0 aliphatic rings. The number of hydrogen-bond acceptors (Lipinski definition) is 6. The van der Waals surface area contributed by atoms with Gasteiger partial charge >= 0.3 is 0 Å². The van der Waals surface area contributed by atoms with Crippen molar-refractivity contribution in [1.82, 2.24) is 0 Å². The fraction of sp³-hybridized carbons (Fsp3) is 0.375. The van der Waals surface area contributed by atoms with E-state index in [-0.39, 0.29) is 29.2 Å². The fourth-order valence-electron chi connectivity index (χ4n) is 2.15. The number of aliphatic hydroxyl groups is 2. The van der Waals surface area contributed by atoms with E-state index in [1.165, 1.54) is 19.1 Å². The fourth-order valence-corrected chi connectivity index (χ4v) is 2.98. The molecule has 2 atom stereocenters. The third-order valence-electron chi connectivity index (χ3n) is 3.14. The van der Waals surface area contributed by atoms with Gasteiger partial charge in [-0.25, -0.2) is 0 Å². The first-order chi connectivity index (χ1) is 11.2. The van der Waals surface area contributed by atoms with Crippen molar-refractivity contribution in [1.29, 1.82) is 0 Å². The van der Waals surface area contributed by atoms with Crippen LogP contribution in [0.25, 0.3) is 10.8 Å². The Balaban J connectivity index is 2.55. The zero-order valence-electron chi connectivity index (χ0n) is 13.3. The van der Waals surface area contributed by atoms with E-state index in [1.807, 2.05) is 0 Å². The van der Waals surface area contributed by atoms with E-state index in [1.54, 1.807) is 25.1 Å². The molecule has 24 heavy (non-hydrogen) atoms. The van der Waals surface area contributed by atoms with Gasteiger partial charge in [-0.2, -0.15) is 8.42 Å². The monoisotopic (exact) mass is 356 g/mol. The van der Waals surface area contributed by atoms with Crippen LogP contribution in [0.5, 0.6) is 11.5 Å². The highest BCUT2D eigenvalue weighted by Gasteiger charge is 2.21. The van der Waals surface area contributed by atoms with Crippen molar-refractivity contribution in [3.8, 4) is 11.5 Å². The minimum Gasteiger partial charge on any atom is -0.491 e. The molecule has 0 amide bonds. The number of benzene rings is 2. The Morgan fingerprint density at radius 1 is 1.00 bits per heavy atom. The van der Waals surface area contributed by atoms with Crippen LogP contribution in [0.3, 0.4) is 0 Å². The highest BCUT2D eigenvalue weighted by atomic mass is 32.2. The van der Waals surface area contributed by atoms with E-state index in [0.29, 0.717) is 11.1 Å². The molecule has 0 spiro atoms. The number of aliphatic hydroxyl groups excluding tert-OH is 2. The molecule has 0 saturated carbocycles. The normalized spacial score (nSPS) is 14.4. The minimum atomic E-state index is -4.57. The van der Waals surface area contributed by atoms with Gasteiger partial charge in [0.25, 0.3) is 10.1 Å². The molecule has 0 saturated heterocycles. The second-order valence-corrected chi connectivity index (χ2v) is 6.93. The third kappa shape index (κ3) is 4.57. The lowest BCUT2D eigenvalue weighted by atomic mass is 10.1. The summed E-state index contributed by atoms with van der Waals surface area (Å²) in [6.07, 6.45) is -1.47. The first-order valence-corrected chi connectivity index (χ1v) is 8.78. The Morgan fingerprint density at radius 2 is 1.58 bits per heavy atom. The predicted octanol–water partition coefficient (Wildman–Crippen LogP) is 1.61. The van der Waals surface area contributed by atoms with Crippen LogP contribution in [-0.4, -0.2) is 48.6 Å². The maximum atomic E-state index is 11.8.